The van der Waals surface area contributed by atoms with Crippen LogP contribution < -0.4 is 10.0 Å². The summed E-state index contributed by atoms with van der Waals surface area (Å²) in [6, 6.07) is 10.5. The van der Waals surface area contributed by atoms with Gasteiger partial charge in [0.25, 0.3) is 11.8 Å². The van der Waals surface area contributed by atoms with Crippen molar-refractivity contribution in [2.24, 2.45) is 5.14 Å². The molecule has 2 N–H and O–H groups in total. The maximum absolute atomic E-state index is 13.2. The van der Waals surface area contributed by atoms with Crippen molar-refractivity contribution in [1.29, 1.82) is 0 Å². The minimum Gasteiger partial charge on any atom is -0.268 e. The van der Waals surface area contributed by atoms with Gasteiger partial charge in [0.1, 0.15) is 5.82 Å². The first-order valence-corrected chi connectivity index (χ1v) is 10.4. The van der Waals surface area contributed by atoms with Gasteiger partial charge in [0.05, 0.1) is 21.1 Å². The molecule has 2 aromatic rings. The molecule has 0 spiro atoms. The van der Waals surface area contributed by atoms with Crippen LogP contribution in [0.15, 0.2) is 58.3 Å². The lowest BCUT2D eigenvalue weighted by Gasteiger charge is -2.15. The van der Waals surface area contributed by atoms with Gasteiger partial charge in [-0.3, -0.25) is 9.59 Å². The van der Waals surface area contributed by atoms with Crippen molar-refractivity contribution in [3.8, 4) is 0 Å². The number of thioether (sulfide) groups is 1. The molecule has 27 heavy (non-hydrogen) atoms. The third-order valence-corrected chi connectivity index (χ3v) is 5.77. The first kappa shape index (κ1) is 19.3. The highest BCUT2D eigenvalue weighted by Gasteiger charge is 2.40. The molecule has 2 amide bonds. The quantitative estimate of drug-likeness (QED) is 0.770. The van der Waals surface area contributed by atoms with E-state index in [1.165, 1.54) is 60.3 Å². The molecule has 0 aliphatic carbocycles. The van der Waals surface area contributed by atoms with Gasteiger partial charge in [-0.25, -0.2) is 22.8 Å². The van der Waals surface area contributed by atoms with E-state index in [2.05, 4.69) is 0 Å². The molecule has 1 heterocycles. The number of amides is 2. The van der Waals surface area contributed by atoms with E-state index in [0.29, 0.717) is 11.3 Å². The minimum atomic E-state index is -3.89. The summed E-state index contributed by atoms with van der Waals surface area (Å²) >= 11 is 1.22. The van der Waals surface area contributed by atoms with Crippen molar-refractivity contribution in [2.45, 2.75) is 11.8 Å². The zero-order chi connectivity index (χ0) is 19.8. The maximum Gasteiger partial charge on any atom is 0.272 e. The molecule has 0 bridgehead atoms. The molecular weight excluding hydrogens is 391 g/mol. The number of sulfonamides is 1. The second-order valence-electron chi connectivity index (χ2n) is 5.63. The monoisotopic (exact) mass is 406 g/mol. The highest BCUT2D eigenvalue weighted by Crippen LogP contribution is 2.38. The summed E-state index contributed by atoms with van der Waals surface area (Å²) in [7, 11) is -3.89. The van der Waals surface area contributed by atoms with Crippen LogP contribution in [0, 0.1) is 5.82 Å². The third-order valence-electron chi connectivity index (χ3n) is 3.89. The van der Waals surface area contributed by atoms with Crippen LogP contribution in [0.2, 0.25) is 0 Å². The second-order valence-corrected chi connectivity index (χ2v) is 8.46. The Bertz CT molecular complexity index is 1050. The first-order chi connectivity index (χ1) is 12.7. The van der Waals surface area contributed by atoms with Gasteiger partial charge < -0.3 is 0 Å². The lowest BCUT2D eigenvalue weighted by Crippen LogP contribution is -2.31. The smallest absolute Gasteiger partial charge is 0.268 e. The number of rotatable bonds is 5. The first-order valence-electron chi connectivity index (χ1n) is 7.88. The Kier molecular flexibility index (Phi) is 5.18. The molecule has 140 valence electrons. The van der Waals surface area contributed by atoms with E-state index >= 15 is 0 Å². The van der Waals surface area contributed by atoms with Crippen LogP contribution in [-0.2, 0) is 19.6 Å². The van der Waals surface area contributed by atoms with Crippen LogP contribution in [0.5, 0.6) is 0 Å². The van der Waals surface area contributed by atoms with Crippen LogP contribution in [0.4, 0.5) is 10.1 Å². The Hall–Kier alpha value is -2.49. The molecule has 0 aromatic heterocycles. The summed E-state index contributed by atoms with van der Waals surface area (Å²) in [4.78, 5) is 26.9. The number of benzene rings is 2. The molecular formula is C18H15FN2O4S2. The predicted octanol–water partition coefficient (Wildman–Crippen LogP) is 2.51. The van der Waals surface area contributed by atoms with Gasteiger partial charge in [-0.15, -0.1) is 11.8 Å². The number of halogens is 1. The molecule has 0 saturated carbocycles. The molecule has 0 unspecified atom stereocenters. The van der Waals surface area contributed by atoms with Crippen LogP contribution in [-0.4, -0.2) is 26.0 Å². The Balaban J connectivity index is 2.04. The summed E-state index contributed by atoms with van der Waals surface area (Å²) < 4.78 is 36.0. The fourth-order valence-electron chi connectivity index (χ4n) is 2.68. The minimum absolute atomic E-state index is 0.125. The van der Waals surface area contributed by atoms with E-state index in [1.807, 2.05) is 6.92 Å². The Morgan fingerprint density at radius 2 is 1.59 bits per heavy atom. The van der Waals surface area contributed by atoms with E-state index < -0.39 is 27.7 Å². The Labute approximate surface area is 159 Å². The summed E-state index contributed by atoms with van der Waals surface area (Å²) in [5.41, 5.74) is 0.862. The van der Waals surface area contributed by atoms with Gasteiger partial charge in [-0.05, 0) is 47.7 Å². The van der Waals surface area contributed by atoms with Gasteiger partial charge in [0.2, 0.25) is 10.0 Å². The second kappa shape index (κ2) is 7.26. The molecule has 1 aliphatic heterocycles. The van der Waals surface area contributed by atoms with Crippen molar-refractivity contribution in [3.05, 3.63) is 64.8 Å². The predicted molar refractivity (Wildman–Crippen MR) is 102 cm³/mol. The van der Waals surface area contributed by atoms with E-state index in [1.54, 1.807) is 0 Å². The highest BCUT2D eigenvalue weighted by atomic mass is 32.2. The number of anilines is 1. The zero-order valence-corrected chi connectivity index (χ0v) is 15.8. The van der Waals surface area contributed by atoms with Crippen LogP contribution in [0.3, 0.4) is 0 Å². The van der Waals surface area contributed by atoms with Gasteiger partial charge in [0, 0.05) is 0 Å². The molecule has 3 rings (SSSR count). The fourth-order valence-corrected chi connectivity index (χ4v) is 4.05. The summed E-state index contributed by atoms with van der Waals surface area (Å²) in [5, 5.41) is 5.07. The number of hydrogen-bond donors (Lipinski definition) is 1. The fraction of sp³-hybridized carbons (Fsp3) is 0.111. The molecule has 1 aliphatic rings. The molecule has 9 heteroatoms. The molecule has 6 nitrogen and oxygen atoms in total. The van der Waals surface area contributed by atoms with Crippen LogP contribution in [0.25, 0.3) is 5.57 Å². The van der Waals surface area contributed by atoms with Crippen molar-refractivity contribution in [2.75, 3.05) is 10.7 Å². The topological polar surface area (TPSA) is 97.5 Å². The Morgan fingerprint density at radius 3 is 2.11 bits per heavy atom. The molecule has 0 atom stereocenters. The Morgan fingerprint density at radius 1 is 1.00 bits per heavy atom. The van der Waals surface area contributed by atoms with Gasteiger partial charge in [-0.1, -0.05) is 19.1 Å². The molecule has 0 radical (unpaired) electrons. The van der Waals surface area contributed by atoms with Crippen LogP contribution in [0.1, 0.15) is 12.5 Å². The number of primary sulfonamides is 1. The maximum atomic E-state index is 13.2. The lowest BCUT2D eigenvalue weighted by atomic mass is 10.1. The summed E-state index contributed by atoms with van der Waals surface area (Å²) in [6.45, 7) is 1.85. The summed E-state index contributed by atoms with van der Waals surface area (Å²) in [5.74, 6) is -0.936. The van der Waals surface area contributed by atoms with Gasteiger partial charge >= 0.3 is 0 Å². The SMILES string of the molecule is CCSC1=C(c2ccc(F)cc2)C(=O)N(c2ccc(S(N)(=O)=O)cc2)C1=O. The van der Waals surface area contributed by atoms with E-state index in [-0.39, 0.29) is 21.1 Å². The van der Waals surface area contributed by atoms with E-state index in [4.69, 9.17) is 5.14 Å². The molecule has 0 saturated heterocycles. The number of hydrogen-bond acceptors (Lipinski definition) is 5. The van der Waals surface area contributed by atoms with Crippen molar-refractivity contribution in [3.63, 3.8) is 0 Å². The number of nitrogens with two attached hydrogens (primary N) is 1. The molecule has 2 aromatic carbocycles. The molecule has 0 fully saturated rings. The summed E-state index contributed by atoms with van der Waals surface area (Å²) in [6.07, 6.45) is 0. The average molecular weight is 406 g/mol. The third kappa shape index (κ3) is 3.66. The number of nitrogens with zero attached hydrogens (tertiary/aromatic N) is 1. The number of carbonyl (C=O) groups is 2. The number of carbonyl (C=O) groups excluding carboxylic acids is 2. The van der Waals surface area contributed by atoms with Crippen molar-refractivity contribution in [1.82, 2.24) is 0 Å². The number of imide groups is 1. The largest absolute Gasteiger partial charge is 0.272 e. The van der Waals surface area contributed by atoms with Crippen molar-refractivity contribution >= 4 is 44.9 Å². The van der Waals surface area contributed by atoms with Gasteiger partial charge in [-0.2, -0.15) is 0 Å². The van der Waals surface area contributed by atoms with Crippen molar-refractivity contribution < 1.29 is 22.4 Å². The standard InChI is InChI=1S/C18H15FN2O4S2/c1-2-26-16-15(11-3-5-12(19)6-4-11)17(22)21(18(16)23)13-7-9-14(10-8-13)27(20,24)25/h3-10H,2H2,1H3,(H2,20,24,25). The van der Waals surface area contributed by atoms with E-state index in [9.17, 15) is 22.4 Å². The van der Waals surface area contributed by atoms with E-state index in [0.717, 1.165) is 4.90 Å². The van der Waals surface area contributed by atoms with Gasteiger partial charge in [0.15, 0.2) is 0 Å². The zero-order valence-electron chi connectivity index (χ0n) is 14.2. The normalized spacial score (nSPS) is 15.0. The lowest BCUT2D eigenvalue weighted by molar-refractivity contribution is -0.119. The van der Waals surface area contributed by atoms with Crippen LogP contribution >= 0.6 is 11.8 Å². The highest BCUT2D eigenvalue weighted by molar-refractivity contribution is 8.04. The average Bonchev–Trinajstić information content (AvgIpc) is 2.86.